The van der Waals surface area contributed by atoms with E-state index < -0.39 is 30.9 Å². The number of piperazine rings is 1. The molecule has 5 aliphatic rings. The number of benzene rings is 3. The number of piperidine rings is 3. The summed E-state index contributed by atoms with van der Waals surface area (Å²) in [5, 5.41) is 14.3. The van der Waals surface area contributed by atoms with Gasteiger partial charge in [0, 0.05) is 113 Å². The number of ether oxygens (including phenoxy) is 1. The van der Waals surface area contributed by atoms with Crippen LogP contribution in [0.5, 0.6) is 5.75 Å². The maximum absolute atomic E-state index is 13.6. The van der Waals surface area contributed by atoms with Crippen molar-refractivity contribution in [3.63, 3.8) is 0 Å². The molecule has 1 unspecified atom stereocenters. The van der Waals surface area contributed by atoms with Crippen LogP contribution in [0.2, 0.25) is 5.02 Å². The van der Waals surface area contributed by atoms with Crippen molar-refractivity contribution in [1.82, 2.24) is 54.6 Å². The number of likely N-dealkylation sites (tertiary alicyclic amines) is 1. The molecule has 4 fully saturated rings. The van der Waals surface area contributed by atoms with Crippen LogP contribution in [0.15, 0.2) is 73.4 Å². The van der Waals surface area contributed by atoms with Gasteiger partial charge in [-0.25, -0.2) is 4.98 Å². The second kappa shape index (κ2) is 20.7. The SMILES string of the molecule is COc1cc(N2CCC(N3CCN(C4CCN(Cc5ccc6c(c5)C(=O)N(C5CCC(=O)NC5=O)C6=O)CC4)CC3)CC2)c(-c2cnn(C)c2)cc1Nc1ncc(Cl)c(Nc2ccc3nccnc3c2P(C)(C)=O)n1. The number of carbonyl (C=O) groups excluding carboxylic acids is 4. The summed E-state index contributed by atoms with van der Waals surface area (Å²) in [6.07, 6.45) is 13.1. The molecule has 0 bridgehead atoms. The number of aromatic nitrogens is 6. The van der Waals surface area contributed by atoms with Crippen molar-refractivity contribution in [3.8, 4) is 16.9 Å². The fraction of sp³-hybridized carbons (Fsp3) is 0.415. The summed E-state index contributed by atoms with van der Waals surface area (Å²) in [4.78, 5) is 80.3. The van der Waals surface area contributed by atoms with Gasteiger partial charge in [0.15, 0.2) is 5.82 Å². The van der Waals surface area contributed by atoms with Gasteiger partial charge in [-0.2, -0.15) is 10.1 Å². The standard InChI is InChI=1S/C53H60ClN14O6P/c1-63-31-33(28-58-63)37-26-42(60-53-57-29-39(54)49(62-53)59-41-8-7-40-47(56-16-15-55-40)48(41)75(3,4)73)45(74-2)27-44(37)67-19-13-35(14-20-67)66-23-21-65(22-24-66)34-11-17-64(18-12-34)30-32-5-6-36-38(25-32)52(72)68(51(36)71)43-9-10-46(69)61-50(43)70/h5-8,15-16,25-29,31,34-35,43H,9-14,17-24,30H2,1-4H3,(H,61,69,70)(H2,57,59,60,62). The van der Waals surface area contributed by atoms with Crippen LogP contribution in [0.25, 0.3) is 22.2 Å². The van der Waals surface area contributed by atoms with Crippen molar-refractivity contribution in [2.45, 2.75) is 63.2 Å². The Labute approximate surface area is 439 Å². The van der Waals surface area contributed by atoms with Crippen molar-refractivity contribution in [3.05, 3.63) is 95.2 Å². The summed E-state index contributed by atoms with van der Waals surface area (Å²) in [6.45, 7) is 11.9. The highest BCUT2D eigenvalue weighted by atomic mass is 35.5. The second-order valence-electron chi connectivity index (χ2n) is 20.5. The minimum atomic E-state index is -2.84. The van der Waals surface area contributed by atoms with E-state index in [0.29, 0.717) is 69.0 Å². The summed E-state index contributed by atoms with van der Waals surface area (Å²) in [5.41, 5.74) is 7.05. The number of hydrogen-bond donors (Lipinski definition) is 3. The Morgan fingerprint density at radius 2 is 1.48 bits per heavy atom. The molecular weight excluding hydrogens is 995 g/mol. The maximum atomic E-state index is 13.6. The van der Waals surface area contributed by atoms with E-state index in [1.807, 2.05) is 37.6 Å². The first-order valence-electron chi connectivity index (χ1n) is 25.6. The molecule has 11 rings (SSSR count). The molecule has 3 aromatic carbocycles. The van der Waals surface area contributed by atoms with Gasteiger partial charge in [-0.3, -0.25) is 58.7 Å². The summed E-state index contributed by atoms with van der Waals surface area (Å²) >= 11 is 6.69. The molecule has 0 aliphatic carbocycles. The van der Waals surface area contributed by atoms with E-state index in [4.69, 9.17) is 21.3 Å². The number of halogens is 1. The minimum Gasteiger partial charge on any atom is -0.494 e. The maximum Gasteiger partial charge on any atom is 0.262 e. The van der Waals surface area contributed by atoms with E-state index in [0.717, 1.165) is 105 Å². The molecule has 0 radical (unpaired) electrons. The predicted molar refractivity (Wildman–Crippen MR) is 287 cm³/mol. The third-order valence-corrected chi connectivity index (χ3v) is 17.2. The number of carbonyl (C=O) groups is 4. The van der Waals surface area contributed by atoms with Gasteiger partial charge in [0.05, 0.1) is 52.8 Å². The molecule has 5 aliphatic heterocycles. The van der Waals surface area contributed by atoms with Crippen molar-refractivity contribution in [2.75, 3.05) is 88.3 Å². The van der Waals surface area contributed by atoms with Crippen LogP contribution in [0.3, 0.4) is 0 Å². The minimum absolute atomic E-state index is 0.0924. The van der Waals surface area contributed by atoms with Crippen LogP contribution < -0.4 is 30.9 Å². The quantitative estimate of drug-likeness (QED) is 0.0911. The molecule has 0 spiro atoms. The zero-order valence-electron chi connectivity index (χ0n) is 42.5. The van der Waals surface area contributed by atoms with E-state index in [1.165, 1.54) is 6.20 Å². The van der Waals surface area contributed by atoms with Crippen LogP contribution in [0.1, 0.15) is 64.8 Å². The number of anilines is 5. The normalized spacial score (nSPS) is 19.7. The van der Waals surface area contributed by atoms with Crippen molar-refractivity contribution < 1.29 is 28.5 Å². The number of nitrogens with one attached hydrogen (secondary N) is 3. The fourth-order valence-electron chi connectivity index (χ4n) is 11.6. The lowest BCUT2D eigenvalue weighted by atomic mass is 9.97. The molecule has 1 atom stereocenters. The summed E-state index contributed by atoms with van der Waals surface area (Å²) < 4.78 is 21.5. The number of nitrogens with zero attached hydrogens (tertiary/aromatic N) is 11. The van der Waals surface area contributed by atoms with Crippen molar-refractivity contribution in [2.24, 2.45) is 7.05 Å². The number of methoxy groups -OCH3 is 1. The molecule has 4 amide bonds. The molecule has 20 nitrogen and oxygen atoms in total. The zero-order valence-corrected chi connectivity index (χ0v) is 44.1. The van der Waals surface area contributed by atoms with Gasteiger partial charge < -0.3 is 24.8 Å². The summed E-state index contributed by atoms with van der Waals surface area (Å²) in [7, 11) is 0.728. The molecule has 3 aromatic heterocycles. The molecule has 8 heterocycles. The van der Waals surface area contributed by atoms with Crippen LogP contribution >= 0.6 is 18.7 Å². The molecule has 22 heteroatoms. The van der Waals surface area contributed by atoms with Gasteiger partial charge >= 0.3 is 0 Å². The number of rotatable bonds is 13. The lowest BCUT2D eigenvalue weighted by Crippen LogP contribution is -2.56. The highest BCUT2D eigenvalue weighted by Crippen LogP contribution is 2.43. The summed E-state index contributed by atoms with van der Waals surface area (Å²) in [6, 6.07) is 13.2. The number of fused-ring (bicyclic) bond motifs is 2. The van der Waals surface area contributed by atoms with Gasteiger partial charge in [0.25, 0.3) is 11.8 Å². The Bertz CT molecular complexity index is 3270. The van der Waals surface area contributed by atoms with E-state index in [9.17, 15) is 23.7 Å². The highest BCUT2D eigenvalue weighted by molar-refractivity contribution is 7.71. The first-order valence-corrected chi connectivity index (χ1v) is 28.5. The molecule has 390 valence electrons. The number of amides is 4. The Morgan fingerprint density at radius 3 is 2.16 bits per heavy atom. The molecule has 4 saturated heterocycles. The smallest absolute Gasteiger partial charge is 0.262 e. The largest absolute Gasteiger partial charge is 0.494 e. The average Bonchev–Trinajstić information content (AvgIpc) is 3.96. The third kappa shape index (κ3) is 10.2. The molecule has 3 N–H and O–H groups in total. The van der Waals surface area contributed by atoms with E-state index in [-0.39, 0.29) is 29.7 Å². The average molecular weight is 1060 g/mol. The van der Waals surface area contributed by atoms with Crippen LogP contribution in [0, 0.1) is 0 Å². The summed E-state index contributed by atoms with van der Waals surface area (Å²) in [5.74, 6) is -0.710. The fourth-order valence-corrected chi connectivity index (χ4v) is 13.1. The van der Waals surface area contributed by atoms with Crippen LogP contribution in [-0.4, -0.2) is 164 Å². The first-order chi connectivity index (χ1) is 36.2. The van der Waals surface area contributed by atoms with Gasteiger partial charge in [-0.1, -0.05) is 17.7 Å². The second-order valence-corrected chi connectivity index (χ2v) is 24.0. The van der Waals surface area contributed by atoms with E-state index >= 15 is 0 Å². The van der Waals surface area contributed by atoms with Crippen molar-refractivity contribution >= 4 is 87.5 Å². The van der Waals surface area contributed by atoms with E-state index in [2.05, 4.69) is 67.7 Å². The third-order valence-electron chi connectivity index (χ3n) is 15.4. The lowest BCUT2D eigenvalue weighted by Gasteiger charge is -2.46. The Hall–Kier alpha value is -6.83. The topological polar surface area (TPSA) is 216 Å². The molecule has 6 aromatic rings. The zero-order chi connectivity index (χ0) is 52.1. The first kappa shape index (κ1) is 50.3. The van der Waals surface area contributed by atoms with Gasteiger partial charge in [0.2, 0.25) is 17.8 Å². The van der Waals surface area contributed by atoms with Gasteiger partial charge in [0.1, 0.15) is 29.5 Å². The molecule has 75 heavy (non-hydrogen) atoms. The number of hydrogen-bond acceptors (Lipinski definition) is 17. The van der Waals surface area contributed by atoms with Gasteiger partial charge in [-0.05, 0) is 94.4 Å². The lowest BCUT2D eigenvalue weighted by molar-refractivity contribution is -0.136. The van der Waals surface area contributed by atoms with Crippen LogP contribution in [0.4, 0.5) is 28.8 Å². The van der Waals surface area contributed by atoms with Crippen LogP contribution in [-0.2, 0) is 27.7 Å². The molecular formula is C53H60ClN14O6P. The van der Waals surface area contributed by atoms with Crippen molar-refractivity contribution in [1.29, 1.82) is 0 Å². The van der Waals surface area contributed by atoms with E-state index in [1.54, 1.807) is 49.6 Å². The highest BCUT2D eigenvalue weighted by Gasteiger charge is 2.45. The number of imide groups is 2. The molecule has 0 saturated carbocycles. The Morgan fingerprint density at radius 1 is 0.773 bits per heavy atom. The monoisotopic (exact) mass is 1050 g/mol. The predicted octanol–water partition coefficient (Wildman–Crippen LogP) is 5.87. The Balaban J connectivity index is 0.702. The van der Waals surface area contributed by atoms with Gasteiger partial charge in [-0.15, -0.1) is 0 Å². The Kier molecular flexibility index (Phi) is 13.9. The number of aryl methyl sites for hydroxylation is 1.